The molecule has 0 aliphatic rings. The maximum Gasteiger partial charge on any atom is 0.254 e. The van der Waals surface area contributed by atoms with E-state index in [4.69, 9.17) is 4.74 Å². The summed E-state index contributed by atoms with van der Waals surface area (Å²) in [4.78, 5) is 12.2. The van der Waals surface area contributed by atoms with E-state index >= 15 is 0 Å². The predicted octanol–water partition coefficient (Wildman–Crippen LogP) is 1.14. The first-order valence-electron chi connectivity index (χ1n) is 6.74. The Balaban J connectivity index is 2.07. The molecule has 1 aromatic heterocycles. The SMILES string of the molecule is COc1cc(C)n(CCNS(=O)(=O)c2ccccc2)c(=O)c1. The van der Waals surface area contributed by atoms with Crippen LogP contribution in [0.3, 0.4) is 0 Å². The van der Waals surface area contributed by atoms with Gasteiger partial charge in [0.05, 0.1) is 12.0 Å². The molecule has 0 aliphatic carbocycles. The number of hydrogen-bond acceptors (Lipinski definition) is 4. The van der Waals surface area contributed by atoms with Crippen LogP contribution in [0, 0.1) is 6.92 Å². The zero-order valence-electron chi connectivity index (χ0n) is 12.4. The van der Waals surface area contributed by atoms with Crippen LogP contribution < -0.4 is 15.0 Å². The van der Waals surface area contributed by atoms with Crippen molar-refractivity contribution in [1.82, 2.24) is 9.29 Å². The molecule has 2 rings (SSSR count). The molecule has 22 heavy (non-hydrogen) atoms. The number of rotatable bonds is 6. The second-order valence-electron chi connectivity index (χ2n) is 4.74. The second-order valence-corrected chi connectivity index (χ2v) is 6.50. The molecule has 6 nitrogen and oxygen atoms in total. The van der Waals surface area contributed by atoms with Crippen LogP contribution in [0.15, 0.2) is 52.2 Å². The molecule has 0 aliphatic heterocycles. The van der Waals surface area contributed by atoms with Gasteiger partial charge >= 0.3 is 0 Å². The summed E-state index contributed by atoms with van der Waals surface area (Å²) < 4.78 is 33.2. The number of pyridine rings is 1. The average molecular weight is 322 g/mol. The van der Waals surface area contributed by atoms with Crippen molar-refractivity contribution in [2.24, 2.45) is 0 Å². The third-order valence-corrected chi connectivity index (χ3v) is 4.70. The highest BCUT2D eigenvalue weighted by Crippen LogP contribution is 2.09. The number of benzene rings is 1. The van der Waals surface area contributed by atoms with Crippen molar-refractivity contribution in [1.29, 1.82) is 0 Å². The molecule has 2 aromatic rings. The fourth-order valence-electron chi connectivity index (χ4n) is 2.08. The first-order valence-corrected chi connectivity index (χ1v) is 8.22. The molecular formula is C15H18N2O4S. The lowest BCUT2D eigenvalue weighted by Crippen LogP contribution is -2.31. The fraction of sp³-hybridized carbons (Fsp3) is 0.267. The van der Waals surface area contributed by atoms with Crippen molar-refractivity contribution in [2.45, 2.75) is 18.4 Å². The maximum absolute atomic E-state index is 12.1. The van der Waals surface area contributed by atoms with Crippen LogP contribution in [0.1, 0.15) is 5.69 Å². The van der Waals surface area contributed by atoms with Crippen LogP contribution in [0.5, 0.6) is 5.75 Å². The largest absolute Gasteiger partial charge is 0.496 e. The van der Waals surface area contributed by atoms with Crippen LogP contribution in [-0.2, 0) is 16.6 Å². The van der Waals surface area contributed by atoms with Gasteiger partial charge < -0.3 is 9.30 Å². The van der Waals surface area contributed by atoms with E-state index in [1.54, 1.807) is 31.2 Å². The molecule has 0 amide bonds. The molecule has 0 fully saturated rings. The summed E-state index contributed by atoms with van der Waals surface area (Å²) in [7, 11) is -2.07. The first kappa shape index (κ1) is 16.3. The summed E-state index contributed by atoms with van der Waals surface area (Å²) in [5.74, 6) is 0.489. The van der Waals surface area contributed by atoms with E-state index in [1.165, 1.54) is 29.9 Å². The van der Waals surface area contributed by atoms with Gasteiger partial charge in [0.25, 0.3) is 5.56 Å². The van der Waals surface area contributed by atoms with Gasteiger partial charge in [-0.05, 0) is 25.1 Å². The lowest BCUT2D eigenvalue weighted by atomic mass is 10.3. The van der Waals surface area contributed by atoms with E-state index in [0.29, 0.717) is 11.4 Å². The minimum Gasteiger partial charge on any atom is -0.496 e. The van der Waals surface area contributed by atoms with Gasteiger partial charge in [-0.2, -0.15) is 0 Å². The van der Waals surface area contributed by atoms with Gasteiger partial charge in [0.1, 0.15) is 5.75 Å². The van der Waals surface area contributed by atoms with Crippen molar-refractivity contribution in [2.75, 3.05) is 13.7 Å². The number of nitrogens with zero attached hydrogens (tertiary/aromatic N) is 1. The molecule has 0 saturated carbocycles. The van der Waals surface area contributed by atoms with E-state index in [2.05, 4.69) is 4.72 Å². The normalized spacial score (nSPS) is 11.4. The van der Waals surface area contributed by atoms with Gasteiger partial charge in [-0.3, -0.25) is 4.79 Å². The van der Waals surface area contributed by atoms with Crippen molar-refractivity contribution < 1.29 is 13.2 Å². The quantitative estimate of drug-likeness (QED) is 0.865. The van der Waals surface area contributed by atoms with E-state index in [-0.39, 0.29) is 23.5 Å². The van der Waals surface area contributed by atoms with Crippen molar-refractivity contribution in [3.8, 4) is 5.75 Å². The molecule has 7 heteroatoms. The molecule has 118 valence electrons. The monoisotopic (exact) mass is 322 g/mol. The van der Waals surface area contributed by atoms with Crippen molar-refractivity contribution in [3.63, 3.8) is 0 Å². The molecule has 1 heterocycles. The van der Waals surface area contributed by atoms with Gasteiger partial charge in [-0.25, -0.2) is 13.1 Å². The van der Waals surface area contributed by atoms with Crippen LogP contribution in [0.25, 0.3) is 0 Å². The molecule has 0 unspecified atom stereocenters. The van der Waals surface area contributed by atoms with Crippen LogP contribution in [0.4, 0.5) is 0 Å². The molecule has 1 aromatic carbocycles. The van der Waals surface area contributed by atoms with E-state index in [1.807, 2.05) is 0 Å². The van der Waals surface area contributed by atoms with Crippen LogP contribution in [-0.4, -0.2) is 26.6 Å². The third-order valence-electron chi connectivity index (χ3n) is 3.23. The van der Waals surface area contributed by atoms with Gasteiger partial charge in [0, 0.05) is 24.8 Å². The number of aromatic nitrogens is 1. The third kappa shape index (κ3) is 3.75. The summed E-state index contributed by atoms with van der Waals surface area (Å²) in [5.41, 5.74) is 0.485. The Hall–Kier alpha value is -2.12. The maximum atomic E-state index is 12.1. The summed E-state index contributed by atoms with van der Waals surface area (Å²) in [6.45, 7) is 2.15. The molecular weight excluding hydrogens is 304 g/mol. The highest BCUT2D eigenvalue weighted by molar-refractivity contribution is 7.89. The van der Waals surface area contributed by atoms with Gasteiger partial charge in [0.2, 0.25) is 10.0 Å². The minimum atomic E-state index is -3.56. The molecule has 0 atom stereocenters. The lowest BCUT2D eigenvalue weighted by Gasteiger charge is -2.12. The van der Waals surface area contributed by atoms with E-state index in [9.17, 15) is 13.2 Å². The van der Waals surface area contributed by atoms with E-state index in [0.717, 1.165) is 0 Å². The Morgan fingerprint density at radius 2 is 1.86 bits per heavy atom. The van der Waals surface area contributed by atoms with E-state index < -0.39 is 10.0 Å². The second kappa shape index (κ2) is 6.76. The highest BCUT2D eigenvalue weighted by atomic mass is 32.2. The van der Waals surface area contributed by atoms with Crippen LogP contribution in [0.2, 0.25) is 0 Å². The Morgan fingerprint density at radius 3 is 2.45 bits per heavy atom. The standard InChI is InChI=1S/C15H18N2O4S/c1-12-10-13(21-2)11-15(18)17(12)9-8-16-22(19,20)14-6-4-3-5-7-14/h3-7,10-11,16H,8-9H2,1-2H3. The number of methoxy groups -OCH3 is 1. The van der Waals surface area contributed by atoms with Gasteiger partial charge in [0.15, 0.2) is 0 Å². The Morgan fingerprint density at radius 1 is 1.18 bits per heavy atom. The zero-order chi connectivity index (χ0) is 16.2. The molecule has 1 N–H and O–H groups in total. The van der Waals surface area contributed by atoms with Crippen molar-refractivity contribution >= 4 is 10.0 Å². The number of ether oxygens (including phenoxy) is 1. The topological polar surface area (TPSA) is 77.4 Å². The summed E-state index contributed by atoms with van der Waals surface area (Å²) >= 11 is 0. The Labute approximate surface area is 129 Å². The molecule has 0 bridgehead atoms. The van der Waals surface area contributed by atoms with Gasteiger partial charge in [-0.1, -0.05) is 18.2 Å². The smallest absolute Gasteiger partial charge is 0.254 e. The Bertz CT molecular complexity index is 798. The summed E-state index contributed by atoms with van der Waals surface area (Å²) in [6.07, 6.45) is 0. The fourth-order valence-corrected chi connectivity index (χ4v) is 3.12. The number of hydrogen-bond donors (Lipinski definition) is 1. The number of nitrogens with one attached hydrogen (secondary N) is 1. The zero-order valence-corrected chi connectivity index (χ0v) is 13.3. The van der Waals surface area contributed by atoms with Crippen molar-refractivity contribution in [3.05, 3.63) is 58.5 Å². The first-order chi connectivity index (χ1) is 10.4. The summed E-state index contributed by atoms with van der Waals surface area (Å²) in [5, 5.41) is 0. The number of aryl methyl sites for hydroxylation is 1. The molecule has 0 saturated heterocycles. The summed E-state index contributed by atoms with van der Waals surface area (Å²) in [6, 6.07) is 11.2. The highest BCUT2D eigenvalue weighted by Gasteiger charge is 2.12. The average Bonchev–Trinajstić information content (AvgIpc) is 2.50. The molecule has 0 radical (unpaired) electrons. The van der Waals surface area contributed by atoms with Gasteiger partial charge in [-0.15, -0.1) is 0 Å². The number of sulfonamides is 1. The molecule has 0 spiro atoms. The lowest BCUT2D eigenvalue weighted by molar-refractivity contribution is 0.411. The Kier molecular flexibility index (Phi) is 4.99. The minimum absolute atomic E-state index is 0.129. The predicted molar refractivity (Wildman–Crippen MR) is 83.6 cm³/mol. The van der Waals surface area contributed by atoms with Crippen LogP contribution >= 0.6 is 0 Å².